The molecule has 0 aliphatic carbocycles. The van der Waals surface area contributed by atoms with E-state index < -0.39 is 0 Å². The molecule has 0 aromatic heterocycles. The zero-order valence-corrected chi connectivity index (χ0v) is 8.29. The summed E-state index contributed by atoms with van der Waals surface area (Å²) in [5, 5.41) is 12.2. The van der Waals surface area contributed by atoms with E-state index in [1.807, 2.05) is 6.92 Å². The van der Waals surface area contributed by atoms with Crippen molar-refractivity contribution in [1.29, 1.82) is 0 Å². The van der Waals surface area contributed by atoms with Gasteiger partial charge in [0.2, 0.25) is 0 Å². The van der Waals surface area contributed by atoms with Crippen LogP contribution in [0, 0.1) is 5.92 Å². The molecule has 2 amide bonds. The number of hydrogen-bond acceptors (Lipinski definition) is 2. The van der Waals surface area contributed by atoms with Gasteiger partial charge in [-0.05, 0) is 12.8 Å². The third-order valence-electron chi connectivity index (χ3n) is 2.72. The zero-order valence-electron chi connectivity index (χ0n) is 8.29. The number of nitrogens with zero attached hydrogens (tertiary/aromatic N) is 1. The lowest BCUT2D eigenvalue weighted by molar-refractivity contribution is 0.0385. The smallest absolute Gasteiger partial charge is 0.317 e. The highest BCUT2D eigenvalue weighted by atomic mass is 16.3. The van der Waals surface area contributed by atoms with Gasteiger partial charge in [-0.25, -0.2) is 4.79 Å². The van der Waals surface area contributed by atoms with Gasteiger partial charge in [0.25, 0.3) is 0 Å². The number of nitrogens with one attached hydrogen (secondary N) is 1. The van der Waals surface area contributed by atoms with Crippen molar-refractivity contribution in [1.82, 2.24) is 10.2 Å². The summed E-state index contributed by atoms with van der Waals surface area (Å²) in [7, 11) is 1.63. The molecule has 4 nitrogen and oxygen atoms in total. The minimum atomic E-state index is -0.231. The first kappa shape index (κ1) is 10.3. The van der Waals surface area contributed by atoms with E-state index in [4.69, 9.17) is 0 Å². The maximum Gasteiger partial charge on any atom is 0.317 e. The highest BCUT2D eigenvalue weighted by Crippen LogP contribution is 2.19. The first-order valence-electron chi connectivity index (χ1n) is 4.83. The third-order valence-corrected chi connectivity index (χ3v) is 2.72. The number of rotatable bonds is 1. The second kappa shape index (κ2) is 4.46. The average molecular weight is 186 g/mol. The van der Waals surface area contributed by atoms with Gasteiger partial charge >= 0.3 is 6.03 Å². The fraction of sp³-hybridized carbons (Fsp3) is 0.889. The highest BCUT2D eigenvalue weighted by molar-refractivity contribution is 5.73. The SMILES string of the molecule is CCC1CN(C(=O)NC)CCC1O. The minimum absolute atomic E-state index is 0.0367. The van der Waals surface area contributed by atoms with Gasteiger partial charge in [-0.3, -0.25) is 0 Å². The first-order chi connectivity index (χ1) is 6.19. The van der Waals surface area contributed by atoms with Gasteiger partial charge in [0.05, 0.1) is 6.10 Å². The van der Waals surface area contributed by atoms with Gasteiger partial charge in [0.15, 0.2) is 0 Å². The normalized spacial score (nSPS) is 28.7. The Balaban J connectivity index is 2.49. The quantitative estimate of drug-likeness (QED) is 0.623. The number of likely N-dealkylation sites (tertiary alicyclic amines) is 1. The van der Waals surface area contributed by atoms with Crippen LogP contribution in [0.1, 0.15) is 19.8 Å². The lowest BCUT2D eigenvalue weighted by Gasteiger charge is -2.35. The Morgan fingerprint density at radius 3 is 2.92 bits per heavy atom. The summed E-state index contributed by atoms with van der Waals surface area (Å²) in [5.74, 6) is 0.242. The maximum atomic E-state index is 11.3. The predicted octanol–water partition coefficient (Wildman–Crippen LogP) is 0.419. The topological polar surface area (TPSA) is 52.6 Å². The van der Waals surface area contributed by atoms with E-state index in [0.717, 1.165) is 6.42 Å². The van der Waals surface area contributed by atoms with Crippen molar-refractivity contribution in [2.24, 2.45) is 5.92 Å². The Hall–Kier alpha value is -0.770. The van der Waals surface area contributed by atoms with Crippen LogP contribution in [0.4, 0.5) is 4.79 Å². The van der Waals surface area contributed by atoms with Crippen LogP contribution >= 0.6 is 0 Å². The number of aliphatic hydroxyl groups excluding tert-OH is 1. The van der Waals surface area contributed by atoms with Crippen LogP contribution in [-0.2, 0) is 0 Å². The molecular formula is C9H18N2O2. The molecule has 1 fully saturated rings. The molecule has 2 unspecified atom stereocenters. The molecule has 0 aromatic carbocycles. The van der Waals surface area contributed by atoms with Crippen LogP contribution in [-0.4, -0.2) is 42.3 Å². The Kier molecular flexibility index (Phi) is 3.54. The molecule has 0 spiro atoms. The van der Waals surface area contributed by atoms with Crippen molar-refractivity contribution < 1.29 is 9.90 Å². The largest absolute Gasteiger partial charge is 0.393 e. The van der Waals surface area contributed by atoms with Crippen LogP contribution in [0.25, 0.3) is 0 Å². The third kappa shape index (κ3) is 2.34. The van der Waals surface area contributed by atoms with Crippen molar-refractivity contribution in [3.05, 3.63) is 0 Å². The molecule has 0 radical (unpaired) electrons. The Morgan fingerprint density at radius 1 is 1.69 bits per heavy atom. The molecular weight excluding hydrogens is 168 g/mol. The number of amides is 2. The molecule has 1 aliphatic rings. The second-order valence-electron chi connectivity index (χ2n) is 3.53. The summed E-state index contributed by atoms with van der Waals surface area (Å²) in [6.45, 7) is 3.38. The maximum absolute atomic E-state index is 11.3. The van der Waals surface area contributed by atoms with E-state index in [9.17, 15) is 9.90 Å². The Bertz CT molecular complexity index is 184. The fourth-order valence-corrected chi connectivity index (χ4v) is 1.76. The first-order valence-corrected chi connectivity index (χ1v) is 4.83. The summed E-state index contributed by atoms with van der Waals surface area (Å²) in [5.41, 5.74) is 0. The molecule has 0 aromatic rings. The second-order valence-corrected chi connectivity index (χ2v) is 3.53. The number of piperidine rings is 1. The molecule has 76 valence electrons. The van der Waals surface area contributed by atoms with Crippen molar-refractivity contribution >= 4 is 6.03 Å². The van der Waals surface area contributed by atoms with Crippen molar-refractivity contribution in [2.45, 2.75) is 25.9 Å². The van der Waals surface area contributed by atoms with Gasteiger partial charge in [-0.1, -0.05) is 6.92 Å². The van der Waals surface area contributed by atoms with E-state index in [1.165, 1.54) is 0 Å². The van der Waals surface area contributed by atoms with E-state index in [1.54, 1.807) is 11.9 Å². The average Bonchev–Trinajstić information content (AvgIpc) is 2.17. The molecule has 0 saturated carbocycles. The molecule has 1 saturated heterocycles. The van der Waals surface area contributed by atoms with Crippen LogP contribution in [0.2, 0.25) is 0 Å². The van der Waals surface area contributed by atoms with Gasteiger partial charge < -0.3 is 15.3 Å². The lowest BCUT2D eigenvalue weighted by Crippen LogP contribution is -2.48. The molecule has 13 heavy (non-hydrogen) atoms. The van der Waals surface area contributed by atoms with E-state index >= 15 is 0 Å². The monoisotopic (exact) mass is 186 g/mol. The van der Waals surface area contributed by atoms with Gasteiger partial charge in [-0.15, -0.1) is 0 Å². The van der Waals surface area contributed by atoms with Crippen molar-refractivity contribution in [3.63, 3.8) is 0 Å². The fourth-order valence-electron chi connectivity index (χ4n) is 1.76. The number of hydrogen-bond donors (Lipinski definition) is 2. The standard InChI is InChI=1S/C9H18N2O2/c1-3-7-6-11(9(13)10-2)5-4-8(7)12/h7-8,12H,3-6H2,1-2H3,(H,10,13). The molecule has 1 heterocycles. The van der Waals surface area contributed by atoms with E-state index in [-0.39, 0.29) is 18.1 Å². The number of urea groups is 1. The van der Waals surface area contributed by atoms with Crippen LogP contribution < -0.4 is 5.32 Å². The molecule has 4 heteroatoms. The Morgan fingerprint density at radius 2 is 2.38 bits per heavy atom. The van der Waals surface area contributed by atoms with Crippen LogP contribution in [0.5, 0.6) is 0 Å². The lowest BCUT2D eigenvalue weighted by atomic mass is 9.93. The number of carbonyl (C=O) groups excluding carboxylic acids is 1. The molecule has 2 atom stereocenters. The molecule has 2 N–H and O–H groups in total. The van der Waals surface area contributed by atoms with Crippen LogP contribution in [0.15, 0.2) is 0 Å². The summed E-state index contributed by atoms with van der Waals surface area (Å²) < 4.78 is 0. The summed E-state index contributed by atoms with van der Waals surface area (Å²) >= 11 is 0. The van der Waals surface area contributed by atoms with Crippen molar-refractivity contribution in [2.75, 3.05) is 20.1 Å². The summed E-state index contributed by atoms with van der Waals surface area (Å²) in [6, 6.07) is -0.0367. The molecule has 0 bridgehead atoms. The van der Waals surface area contributed by atoms with Crippen molar-refractivity contribution in [3.8, 4) is 0 Å². The Labute approximate surface area is 78.9 Å². The van der Waals surface area contributed by atoms with Gasteiger partial charge in [0.1, 0.15) is 0 Å². The molecule has 1 aliphatic heterocycles. The van der Waals surface area contributed by atoms with E-state index in [2.05, 4.69) is 5.32 Å². The minimum Gasteiger partial charge on any atom is -0.393 e. The highest BCUT2D eigenvalue weighted by Gasteiger charge is 2.28. The molecule has 1 rings (SSSR count). The zero-order chi connectivity index (χ0) is 9.84. The van der Waals surface area contributed by atoms with E-state index in [0.29, 0.717) is 19.5 Å². The van der Waals surface area contributed by atoms with Gasteiger partial charge in [-0.2, -0.15) is 0 Å². The van der Waals surface area contributed by atoms with Gasteiger partial charge in [0, 0.05) is 26.1 Å². The summed E-state index contributed by atoms with van der Waals surface area (Å²) in [4.78, 5) is 13.0. The number of aliphatic hydroxyl groups is 1. The summed E-state index contributed by atoms with van der Waals surface area (Å²) in [6.07, 6.45) is 1.39. The van der Waals surface area contributed by atoms with Crippen LogP contribution in [0.3, 0.4) is 0 Å². The predicted molar refractivity (Wildman–Crippen MR) is 50.4 cm³/mol. The number of carbonyl (C=O) groups is 1.